The summed E-state index contributed by atoms with van der Waals surface area (Å²) < 4.78 is 11.3. The molecule has 5 heteroatoms. The molecule has 1 aromatic carbocycles. The average Bonchev–Trinajstić information content (AvgIpc) is 3.04. The van der Waals surface area contributed by atoms with Gasteiger partial charge in [-0.15, -0.1) is 0 Å². The fourth-order valence-electron chi connectivity index (χ4n) is 3.89. The third-order valence-electron chi connectivity index (χ3n) is 5.10. The highest BCUT2D eigenvalue weighted by Crippen LogP contribution is 2.40. The van der Waals surface area contributed by atoms with Crippen LogP contribution in [0.1, 0.15) is 50.3 Å². The number of benzene rings is 1. The third kappa shape index (κ3) is 3.17. The normalized spacial score (nSPS) is 23.0. The molecule has 24 heavy (non-hydrogen) atoms. The first-order chi connectivity index (χ1) is 11.5. The summed E-state index contributed by atoms with van der Waals surface area (Å²) in [6, 6.07) is 4.42. The van der Waals surface area contributed by atoms with E-state index in [2.05, 4.69) is 25.2 Å². The molecule has 5 nitrogen and oxygen atoms in total. The molecular formula is C19H28N2O3. The lowest BCUT2D eigenvalue weighted by Gasteiger charge is -2.32. The number of aryl methyl sites for hydroxylation is 1. The first-order valence-electron chi connectivity index (χ1n) is 8.89. The summed E-state index contributed by atoms with van der Waals surface area (Å²) in [6.07, 6.45) is 2.97. The highest BCUT2D eigenvalue weighted by atomic mass is 16.5. The highest BCUT2D eigenvalue weighted by Gasteiger charge is 2.33. The molecule has 2 unspecified atom stereocenters. The second-order valence-corrected chi connectivity index (χ2v) is 7.17. The number of carbonyl (C=O) groups excluding carboxylic acids is 1. The Labute approximate surface area is 144 Å². The van der Waals surface area contributed by atoms with Gasteiger partial charge in [0, 0.05) is 24.6 Å². The maximum Gasteiger partial charge on any atom is 0.318 e. The van der Waals surface area contributed by atoms with Gasteiger partial charge in [0.05, 0.1) is 19.8 Å². The third-order valence-corrected chi connectivity index (χ3v) is 5.10. The zero-order valence-corrected chi connectivity index (χ0v) is 15.1. The fourth-order valence-corrected chi connectivity index (χ4v) is 3.89. The molecule has 0 radical (unpaired) electrons. The van der Waals surface area contributed by atoms with Gasteiger partial charge >= 0.3 is 6.03 Å². The number of methoxy groups -OCH3 is 1. The highest BCUT2D eigenvalue weighted by molar-refractivity contribution is 5.76. The number of urea groups is 1. The first kappa shape index (κ1) is 16.9. The number of carbonyl (C=O) groups is 1. The summed E-state index contributed by atoms with van der Waals surface area (Å²) >= 11 is 0. The molecule has 2 amide bonds. The molecule has 2 aliphatic rings. The summed E-state index contributed by atoms with van der Waals surface area (Å²) in [4.78, 5) is 14.8. The van der Waals surface area contributed by atoms with Crippen LogP contribution in [0.25, 0.3) is 0 Å². The number of hydrogen-bond acceptors (Lipinski definition) is 3. The van der Waals surface area contributed by atoms with Gasteiger partial charge in [-0.1, -0.05) is 19.9 Å². The van der Waals surface area contributed by atoms with Crippen molar-refractivity contribution in [1.82, 2.24) is 10.2 Å². The summed E-state index contributed by atoms with van der Waals surface area (Å²) in [6.45, 7) is 7.85. The van der Waals surface area contributed by atoms with E-state index in [0.717, 1.165) is 48.4 Å². The van der Waals surface area contributed by atoms with Crippen LogP contribution >= 0.6 is 0 Å². The van der Waals surface area contributed by atoms with E-state index in [-0.39, 0.29) is 12.1 Å². The van der Waals surface area contributed by atoms with E-state index >= 15 is 0 Å². The van der Waals surface area contributed by atoms with E-state index in [1.807, 2.05) is 17.9 Å². The van der Waals surface area contributed by atoms with Crippen LogP contribution in [0.4, 0.5) is 4.79 Å². The number of hydrogen-bond donors (Lipinski definition) is 1. The molecule has 0 aliphatic carbocycles. The summed E-state index contributed by atoms with van der Waals surface area (Å²) in [5.41, 5.74) is 2.13. The van der Waals surface area contributed by atoms with Crippen molar-refractivity contribution in [2.24, 2.45) is 5.92 Å². The zero-order chi connectivity index (χ0) is 17.3. The van der Waals surface area contributed by atoms with E-state index in [1.54, 1.807) is 7.11 Å². The average molecular weight is 332 g/mol. The maximum atomic E-state index is 12.8. The summed E-state index contributed by atoms with van der Waals surface area (Å²) in [5, 5.41) is 3.23. The second kappa shape index (κ2) is 6.91. The van der Waals surface area contributed by atoms with Gasteiger partial charge in [0.25, 0.3) is 0 Å². The van der Waals surface area contributed by atoms with Gasteiger partial charge in [0.15, 0.2) is 11.5 Å². The Kier molecular flexibility index (Phi) is 4.88. The summed E-state index contributed by atoms with van der Waals surface area (Å²) in [7, 11) is 1.65. The number of ether oxygens (including phenoxy) is 2. The molecule has 0 spiro atoms. The van der Waals surface area contributed by atoms with Gasteiger partial charge < -0.3 is 19.7 Å². The molecule has 1 aromatic rings. The van der Waals surface area contributed by atoms with Gasteiger partial charge in [-0.05, 0) is 37.3 Å². The van der Waals surface area contributed by atoms with Crippen LogP contribution < -0.4 is 14.8 Å². The van der Waals surface area contributed by atoms with Gasteiger partial charge in [0.2, 0.25) is 0 Å². The molecule has 132 valence electrons. The predicted octanol–water partition coefficient (Wildman–Crippen LogP) is 3.66. The van der Waals surface area contributed by atoms with Crippen molar-refractivity contribution in [2.75, 3.05) is 20.3 Å². The molecule has 0 saturated carbocycles. The topological polar surface area (TPSA) is 50.8 Å². The van der Waals surface area contributed by atoms with E-state index in [9.17, 15) is 4.79 Å². The number of fused-ring (bicyclic) bond motifs is 1. The quantitative estimate of drug-likeness (QED) is 0.919. The Morgan fingerprint density at radius 2 is 2.17 bits per heavy atom. The van der Waals surface area contributed by atoms with E-state index in [0.29, 0.717) is 18.6 Å². The minimum Gasteiger partial charge on any atom is -0.493 e. The lowest BCUT2D eigenvalue weighted by molar-refractivity contribution is 0.169. The molecule has 0 bridgehead atoms. The van der Waals surface area contributed by atoms with Crippen molar-refractivity contribution in [3.8, 4) is 11.5 Å². The monoisotopic (exact) mass is 332 g/mol. The smallest absolute Gasteiger partial charge is 0.318 e. The van der Waals surface area contributed by atoms with Gasteiger partial charge in [-0.25, -0.2) is 4.79 Å². The largest absolute Gasteiger partial charge is 0.493 e. The maximum absolute atomic E-state index is 12.8. The van der Waals surface area contributed by atoms with Crippen molar-refractivity contribution in [3.63, 3.8) is 0 Å². The van der Waals surface area contributed by atoms with Crippen molar-refractivity contribution < 1.29 is 14.3 Å². The Hall–Kier alpha value is -1.91. The molecule has 3 rings (SSSR count). The van der Waals surface area contributed by atoms with Crippen LogP contribution in [0.15, 0.2) is 12.1 Å². The lowest BCUT2D eigenvalue weighted by atomic mass is 9.98. The van der Waals surface area contributed by atoms with Gasteiger partial charge in [0.1, 0.15) is 0 Å². The number of amides is 2. The first-order valence-corrected chi connectivity index (χ1v) is 8.89. The van der Waals surface area contributed by atoms with E-state index < -0.39 is 0 Å². The standard InChI is InChI=1S/C19H28N2O3/c1-12(2)16-6-5-8-21(16)19(22)20-15-7-9-24-18-14(15)10-13(3)11-17(18)23-4/h10-12,15-16H,5-9H2,1-4H3,(H,20,22). The zero-order valence-electron chi connectivity index (χ0n) is 15.1. The van der Waals surface area contributed by atoms with Gasteiger partial charge in [-0.3, -0.25) is 0 Å². The molecule has 0 aromatic heterocycles. The molecule has 1 fully saturated rings. The Bertz CT molecular complexity index is 615. The Balaban J connectivity index is 1.80. The van der Waals surface area contributed by atoms with E-state index in [1.165, 1.54) is 0 Å². The van der Waals surface area contributed by atoms with Crippen molar-refractivity contribution in [2.45, 2.75) is 52.1 Å². The van der Waals surface area contributed by atoms with Crippen LogP contribution in [0, 0.1) is 12.8 Å². The second-order valence-electron chi connectivity index (χ2n) is 7.17. The Morgan fingerprint density at radius 3 is 2.88 bits per heavy atom. The predicted molar refractivity (Wildman–Crippen MR) is 93.7 cm³/mol. The van der Waals surface area contributed by atoms with Crippen LogP contribution in [-0.2, 0) is 0 Å². The molecule has 2 heterocycles. The SMILES string of the molecule is COc1cc(C)cc2c1OCCC2NC(=O)N1CCCC1C(C)C. The van der Waals surface area contributed by atoms with Gasteiger partial charge in [-0.2, -0.15) is 0 Å². The van der Waals surface area contributed by atoms with Crippen molar-refractivity contribution in [1.29, 1.82) is 0 Å². The number of nitrogens with one attached hydrogen (secondary N) is 1. The van der Waals surface area contributed by atoms with Crippen molar-refractivity contribution in [3.05, 3.63) is 23.3 Å². The van der Waals surface area contributed by atoms with Crippen molar-refractivity contribution >= 4 is 6.03 Å². The molecule has 1 saturated heterocycles. The van der Waals surface area contributed by atoms with Crippen LogP contribution in [0.2, 0.25) is 0 Å². The number of likely N-dealkylation sites (tertiary alicyclic amines) is 1. The molecule has 2 atom stereocenters. The minimum atomic E-state index is -0.0246. The number of nitrogens with zero attached hydrogens (tertiary/aromatic N) is 1. The molecule has 2 aliphatic heterocycles. The molecular weight excluding hydrogens is 304 g/mol. The fraction of sp³-hybridized carbons (Fsp3) is 0.632. The van der Waals surface area contributed by atoms with Crippen LogP contribution in [0.5, 0.6) is 11.5 Å². The van der Waals surface area contributed by atoms with Crippen LogP contribution in [-0.4, -0.2) is 37.2 Å². The summed E-state index contributed by atoms with van der Waals surface area (Å²) in [5.74, 6) is 1.99. The van der Waals surface area contributed by atoms with E-state index in [4.69, 9.17) is 9.47 Å². The van der Waals surface area contributed by atoms with Crippen LogP contribution in [0.3, 0.4) is 0 Å². The lowest BCUT2D eigenvalue weighted by Crippen LogP contribution is -2.46. The molecule has 1 N–H and O–H groups in total. The number of rotatable bonds is 3. The Morgan fingerprint density at radius 1 is 1.38 bits per heavy atom. The minimum absolute atomic E-state index is 0.0246.